The van der Waals surface area contributed by atoms with Crippen LogP contribution >= 0.6 is 35.8 Å². The SMILES string of the molecule is COCCNC(=O)c1ccc(NC(=O)[C@@H](N)CCSC)cc1Cl.Cl. The Kier molecular flexibility index (Phi) is 11.9. The molecule has 6 nitrogen and oxygen atoms in total. The highest BCUT2D eigenvalue weighted by Gasteiger charge is 2.15. The van der Waals surface area contributed by atoms with E-state index in [9.17, 15) is 9.59 Å². The summed E-state index contributed by atoms with van der Waals surface area (Å²) in [7, 11) is 1.56. The van der Waals surface area contributed by atoms with Gasteiger partial charge in [0.05, 0.1) is 23.2 Å². The Morgan fingerprint density at radius 1 is 1.42 bits per heavy atom. The van der Waals surface area contributed by atoms with Gasteiger partial charge < -0.3 is 21.1 Å². The van der Waals surface area contributed by atoms with Crippen LogP contribution in [-0.2, 0) is 9.53 Å². The van der Waals surface area contributed by atoms with Gasteiger partial charge in [-0.15, -0.1) is 12.4 Å². The Morgan fingerprint density at radius 3 is 2.71 bits per heavy atom. The van der Waals surface area contributed by atoms with Crippen LogP contribution in [0.3, 0.4) is 0 Å². The molecule has 24 heavy (non-hydrogen) atoms. The van der Waals surface area contributed by atoms with E-state index in [2.05, 4.69) is 10.6 Å². The molecule has 0 radical (unpaired) electrons. The number of anilines is 1. The minimum atomic E-state index is -0.571. The zero-order chi connectivity index (χ0) is 17.2. The number of thioether (sulfide) groups is 1. The predicted octanol–water partition coefficient (Wildman–Crippen LogP) is 2.16. The van der Waals surface area contributed by atoms with Gasteiger partial charge in [-0.3, -0.25) is 9.59 Å². The molecule has 0 unspecified atom stereocenters. The molecular weight excluding hydrogens is 373 g/mol. The summed E-state index contributed by atoms with van der Waals surface area (Å²) >= 11 is 7.74. The fourth-order valence-electron chi connectivity index (χ4n) is 1.75. The summed E-state index contributed by atoms with van der Waals surface area (Å²) in [5.41, 5.74) is 6.65. The third-order valence-electron chi connectivity index (χ3n) is 3.04. The Labute approximate surface area is 157 Å². The Morgan fingerprint density at radius 2 is 2.12 bits per heavy atom. The third kappa shape index (κ3) is 7.72. The molecule has 0 spiro atoms. The van der Waals surface area contributed by atoms with Gasteiger partial charge in [-0.1, -0.05) is 11.6 Å². The summed E-state index contributed by atoms with van der Waals surface area (Å²) in [6, 6.07) is 4.15. The topological polar surface area (TPSA) is 93.5 Å². The maximum atomic E-state index is 11.9. The largest absolute Gasteiger partial charge is 0.383 e. The van der Waals surface area contributed by atoms with E-state index < -0.39 is 6.04 Å². The summed E-state index contributed by atoms with van der Waals surface area (Å²) in [4.78, 5) is 23.9. The molecule has 1 aromatic carbocycles. The van der Waals surface area contributed by atoms with E-state index >= 15 is 0 Å². The number of halogens is 2. The fourth-order valence-corrected chi connectivity index (χ4v) is 2.51. The molecule has 0 aliphatic heterocycles. The van der Waals surface area contributed by atoms with Crippen molar-refractivity contribution in [3.63, 3.8) is 0 Å². The van der Waals surface area contributed by atoms with Crippen molar-refractivity contribution in [2.24, 2.45) is 5.73 Å². The lowest BCUT2D eigenvalue weighted by Crippen LogP contribution is -2.36. The molecule has 0 saturated carbocycles. The number of amides is 2. The Balaban J connectivity index is 0.00000529. The van der Waals surface area contributed by atoms with Gasteiger partial charge in [0.1, 0.15) is 0 Å². The number of carbonyl (C=O) groups excluding carboxylic acids is 2. The number of methoxy groups -OCH3 is 1. The standard InChI is InChI=1S/C15H22ClN3O3S.ClH/c1-22-7-6-18-14(20)11-4-3-10(9-12(11)16)19-15(21)13(17)5-8-23-2;/h3-4,9,13H,5-8,17H2,1-2H3,(H,18,20)(H,19,21);1H/t13-;/m0./s1. The monoisotopic (exact) mass is 395 g/mol. The van der Waals surface area contributed by atoms with E-state index in [0.717, 1.165) is 5.75 Å². The van der Waals surface area contributed by atoms with Crippen molar-refractivity contribution in [1.82, 2.24) is 5.32 Å². The van der Waals surface area contributed by atoms with Crippen LogP contribution in [0.2, 0.25) is 5.02 Å². The van der Waals surface area contributed by atoms with Crippen molar-refractivity contribution in [3.8, 4) is 0 Å². The maximum absolute atomic E-state index is 11.9. The fraction of sp³-hybridized carbons (Fsp3) is 0.467. The summed E-state index contributed by atoms with van der Waals surface area (Å²) in [5, 5.41) is 5.64. The zero-order valence-corrected chi connectivity index (χ0v) is 16.0. The number of benzene rings is 1. The van der Waals surface area contributed by atoms with Crippen LogP contribution in [-0.4, -0.2) is 50.1 Å². The first-order valence-electron chi connectivity index (χ1n) is 7.11. The molecule has 1 aromatic rings. The van der Waals surface area contributed by atoms with Crippen molar-refractivity contribution in [2.75, 3.05) is 37.6 Å². The number of ether oxygens (including phenoxy) is 1. The first-order valence-corrected chi connectivity index (χ1v) is 8.88. The third-order valence-corrected chi connectivity index (χ3v) is 4.00. The van der Waals surface area contributed by atoms with Gasteiger partial charge in [-0.25, -0.2) is 0 Å². The van der Waals surface area contributed by atoms with E-state index in [1.54, 1.807) is 31.0 Å². The molecule has 136 valence electrons. The molecular formula is C15H23Cl2N3O3S. The zero-order valence-electron chi connectivity index (χ0n) is 13.6. The maximum Gasteiger partial charge on any atom is 0.252 e. The summed E-state index contributed by atoms with van der Waals surface area (Å²) in [5.74, 6) is 0.254. The van der Waals surface area contributed by atoms with Crippen molar-refractivity contribution in [3.05, 3.63) is 28.8 Å². The highest BCUT2D eigenvalue weighted by atomic mass is 35.5. The molecule has 0 bridgehead atoms. The van der Waals surface area contributed by atoms with E-state index in [-0.39, 0.29) is 29.2 Å². The van der Waals surface area contributed by atoms with Crippen LogP contribution in [0.1, 0.15) is 16.8 Å². The highest BCUT2D eigenvalue weighted by Crippen LogP contribution is 2.21. The lowest BCUT2D eigenvalue weighted by molar-refractivity contribution is -0.117. The molecule has 0 fully saturated rings. The number of hydrogen-bond donors (Lipinski definition) is 3. The van der Waals surface area contributed by atoms with E-state index in [0.29, 0.717) is 30.8 Å². The van der Waals surface area contributed by atoms with Crippen molar-refractivity contribution < 1.29 is 14.3 Å². The summed E-state index contributed by atoms with van der Waals surface area (Å²) < 4.78 is 4.86. The van der Waals surface area contributed by atoms with E-state index in [4.69, 9.17) is 22.1 Å². The Bertz CT molecular complexity index is 547. The first-order chi connectivity index (χ1) is 11.0. The van der Waals surface area contributed by atoms with Crippen LogP contribution in [0.15, 0.2) is 18.2 Å². The molecule has 0 aromatic heterocycles. The van der Waals surface area contributed by atoms with Crippen LogP contribution in [0.25, 0.3) is 0 Å². The van der Waals surface area contributed by atoms with Crippen LogP contribution < -0.4 is 16.4 Å². The number of rotatable bonds is 9. The highest BCUT2D eigenvalue weighted by molar-refractivity contribution is 7.98. The molecule has 0 heterocycles. The van der Waals surface area contributed by atoms with Crippen molar-refractivity contribution in [1.29, 1.82) is 0 Å². The molecule has 1 atom stereocenters. The molecule has 9 heteroatoms. The van der Waals surface area contributed by atoms with Crippen LogP contribution in [0, 0.1) is 0 Å². The molecule has 0 saturated heterocycles. The van der Waals surface area contributed by atoms with Gasteiger partial charge in [-0.05, 0) is 36.6 Å². The van der Waals surface area contributed by atoms with E-state index in [1.807, 2.05) is 6.26 Å². The molecule has 1 rings (SSSR count). The van der Waals surface area contributed by atoms with Crippen LogP contribution in [0.4, 0.5) is 5.69 Å². The van der Waals surface area contributed by atoms with Gasteiger partial charge >= 0.3 is 0 Å². The van der Waals surface area contributed by atoms with Gasteiger partial charge in [0.2, 0.25) is 5.91 Å². The quantitative estimate of drug-likeness (QED) is 0.557. The summed E-state index contributed by atoms with van der Waals surface area (Å²) in [6.07, 6.45) is 2.56. The van der Waals surface area contributed by atoms with Crippen molar-refractivity contribution >= 4 is 53.3 Å². The predicted molar refractivity (Wildman–Crippen MR) is 103 cm³/mol. The van der Waals surface area contributed by atoms with Crippen LogP contribution in [0.5, 0.6) is 0 Å². The second-order valence-corrected chi connectivity index (χ2v) is 6.21. The second-order valence-electron chi connectivity index (χ2n) is 4.82. The smallest absolute Gasteiger partial charge is 0.252 e. The first kappa shape index (κ1) is 23.0. The average Bonchev–Trinajstić information content (AvgIpc) is 2.52. The number of hydrogen-bond acceptors (Lipinski definition) is 5. The molecule has 2 amide bonds. The lowest BCUT2D eigenvalue weighted by Gasteiger charge is -2.13. The Hall–Kier alpha value is -0.990. The number of nitrogens with one attached hydrogen (secondary N) is 2. The molecule has 4 N–H and O–H groups in total. The number of carbonyl (C=O) groups is 2. The molecule has 0 aliphatic rings. The molecule has 0 aliphatic carbocycles. The van der Waals surface area contributed by atoms with Gasteiger partial charge in [0, 0.05) is 19.3 Å². The number of nitrogens with two attached hydrogens (primary N) is 1. The van der Waals surface area contributed by atoms with Gasteiger partial charge in [0.25, 0.3) is 5.91 Å². The normalized spacial score (nSPS) is 11.3. The second kappa shape index (κ2) is 12.4. The van der Waals surface area contributed by atoms with Gasteiger partial charge in [0.15, 0.2) is 0 Å². The summed E-state index contributed by atoms with van der Waals surface area (Å²) in [6.45, 7) is 0.819. The van der Waals surface area contributed by atoms with Crippen molar-refractivity contribution in [2.45, 2.75) is 12.5 Å². The minimum Gasteiger partial charge on any atom is -0.383 e. The lowest BCUT2D eigenvalue weighted by atomic mass is 10.1. The van der Waals surface area contributed by atoms with E-state index in [1.165, 1.54) is 6.07 Å². The minimum absolute atomic E-state index is 0. The average molecular weight is 396 g/mol. The van der Waals surface area contributed by atoms with Gasteiger partial charge in [-0.2, -0.15) is 11.8 Å².